The molecule has 0 radical (unpaired) electrons. The molecule has 3 saturated heterocycles. The van der Waals surface area contributed by atoms with Crippen molar-refractivity contribution in [2.75, 3.05) is 91.6 Å². The van der Waals surface area contributed by atoms with Gasteiger partial charge in [0.15, 0.2) is 5.96 Å². The van der Waals surface area contributed by atoms with Crippen LogP contribution in [0.2, 0.25) is 0 Å². The Bertz CT molecular complexity index is 2040. The molecule has 3 aliphatic heterocycles. The summed E-state index contributed by atoms with van der Waals surface area (Å²) in [5, 5.41) is 54.4. The SMILES string of the molecule is NC(N)=NCCC[C@@H]1NC(=O)CNC(=O)[C@H](CC(=O)O)NC(=O)[C@@H](Cc2ccc(O)cc2)NC(=O)[C@H](CCCCNC(=O)CCC(C(=O)O)N2CCCN3CCN(CCCN(CC(=O)O)CC3)CC2)NC1=O. The maximum Gasteiger partial charge on any atom is 0.320 e. The fourth-order valence-corrected chi connectivity index (χ4v) is 8.78. The van der Waals surface area contributed by atoms with Gasteiger partial charge in [-0.3, -0.25) is 57.9 Å². The molecule has 6 amide bonds. The van der Waals surface area contributed by atoms with E-state index in [1.165, 1.54) is 24.3 Å². The van der Waals surface area contributed by atoms with Crippen LogP contribution in [0.5, 0.6) is 5.75 Å². The average molecular weight is 1020 g/mol. The molecule has 3 unspecified atom stereocenters. The maximum atomic E-state index is 14.2. The van der Waals surface area contributed by atoms with Crippen molar-refractivity contribution in [2.24, 2.45) is 16.5 Å². The molecule has 3 aliphatic rings. The number of carboxylic acid groups (broad SMARTS) is 3. The van der Waals surface area contributed by atoms with Gasteiger partial charge in [0.25, 0.3) is 0 Å². The number of guanidine groups is 1. The van der Waals surface area contributed by atoms with E-state index in [4.69, 9.17) is 11.5 Å². The number of aliphatic carboxylic acids is 3. The van der Waals surface area contributed by atoms with Crippen LogP contribution in [0.3, 0.4) is 0 Å². The number of fused-ring (bicyclic) bond motifs is 3. The molecule has 1 aromatic carbocycles. The largest absolute Gasteiger partial charge is 0.508 e. The van der Waals surface area contributed by atoms with Gasteiger partial charge in [-0.15, -0.1) is 0 Å². The number of phenols is 1. The van der Waals surface area contributed by atoms with Gasteiger partial charge in [0, 0.05) is 78.3 Å². The molecule has 26 heteroatoms. The molecule has 3 fully saturated rings. The number of nitrogens with one attached hydrogen (secondary N) is 6. The van der Waals surface area contributed by atoms with Crippen LogP contribution >= 0.6 is 0 Å². The van der Waals surface area contributed by atoms with Gasteiger partial charge in [0.1, 0.15) is 36.0 Å². The molecule has 0 aliphatic carbocycles. The number of unbranched alkanes of at least 4 members (excludes halogenated alkanes) is 1. The Labute approximate surface area is 418 Å². The first kappa shape index (κ1) is 57.9. The van der Waals surface area contributed by atoms with E-state index in [9.17, 15) is 63.6 Å². The zero-order valence-corrected chi connectivity index (χ0v) is 40.7. The van der Waals surface area contributed by atoms with Crippen LogP contribution in [0, 0.1) is 0 Å². The van der Waals surface area contributed by atoms with E-state index in [-0.39, 0.29) is 82.2 Å². The first-order chi connectivity index (χ1) is 34.4. The van der Waals surface area contributed by atoms with Gasteiger partial charge in [-0.1, -0.05) is 12.1 Å². The highest BCUT2D eigenvalue weighted by atomic mass is 16.4. The third-order valence-electron chi connectivity index (χ3n) is 12.7. The van der Waals surface area contributed by atoms with E-state index < -0.39 is 90.6 Å². The van der Waals surface area contributed by atoms with E-state index in [1.807, 2.05) is 9.80 Å². The van der Waals surface area contributed by atoms with Crippen LogP contribution in [0.15, 0.2) is 29.3 Å². The second kappa shape index (κ2) is 30.3. The Balaban J connectivity index is 1.43. The molecule has 26 nitrogen and oxygen atoms in total. The fraction of sp³-hybridized carbons (Fsp3) is 0.652. The van der Waals surface area contributed by atoms with Gasteiger partial charge in [0.2, 0.25) is 35.4 Å². The lowest BCUT2D eigenvalue weighted by molar-refractivity contribution is -0.144. The quantitative estimate of drug-likeness (QED) is 0.0338. The summed E-state index contributed by atoms with van der Waals surface area (Å²) in [4.78, 5) is 129. The Morgan fingerprint density at radius 2 is 1.28 bits per heavy atom. The lowest BCUT2D eigenvalue weighted by Crippen LogP contribution is -2.58. The minimum Gasteiger partial charge on any atom is -0.508 e. The number of hydrogen-bond donors (Lipinski definition) is 12. The standard InChI is InChI=1S/C46H73N13O13/c47-46(48)50-15-3-7-32-42(68)53-33(43(69)54-34(26-30-8-10-31(60)11-9-30)44(70)55-35(27-39(63)64)41(67)51-28-38(62)52-32)6-1-2-14-49-37(61)13-12-36(45(71)72)59-19-5-17-56-20-21-57(24-25-59)16-4-18-58(23-22-56)29-40(65)66/h8-11,32-36,60H,1-7,12-29H2,(H,49,61)(H,51,67)(H,52,62)(H,53,68)(H,54,69)(H,55,70)(H,63,64)(H,65,66)(H,71,72)(H4,47,48,50)/t32-,33-,34+,35-,36?/m0/s1. The third kappa shape index (κ3) is 21.4. The summed E-state index contributed by atoms with van der Waals surface area (Å²) in [5.74, 6) is -8.39. The zero-order valence-electron chi connectivity index (χ0n) is 40.7. The van der Waals surface area contributed by atoms with Crippen molar-refractivity contribution in [3.8, 4) is 5.75 Å². The minimum absolute atomic E-state index is 0.0120. The van der Waals surface area contributed by atoms with Gasteiger partial charge < -0.3 is 73.6 Å². The van der Waals surface area contributed by atoms with Crippen molar-refractivity contribution in [3.05, 3.63) is 29.8 Å². The number of carbonyl (C=O) groups is 9. The number of hydrogen-bond acceptors (Lipinski definition) is 15. The highest BCUT2D eigenvalue weighted by molar-refractivity contribution is 5.98. The molecule has 0 spiro atoms. The van der Waals surface area contributed by atoms with E-state index >= 15 is 0 Å². The van der Waals surface area contributed by atoms with Crippen molar-refractivity contribution in [1.82, 2.24) is 51.5 Å². The van der Waals surface area contributed by atoms with Crippen molar-refractivity contribution < 1.29 is 63.6 Å². The van der Waals surface area contributed by atoms with Gasteiger partial charge >= 0.3 is 17.9 Å². The molecule has 0 saturated carbocycles. The van der Waals surface area contributed by atoms with Crippen molar-refractivity contribution in [3.63, 3.8) is 0 Å². The summed E-state index contributed by atoms with van der Waals surface area (Å²) in [6.07, 6.45) is 1.12. The molecule has 400 valence electrons. The number of phenolic OH excluding ortho intramolecular Hbond substituents is 1. The maximum absolute atomic E-state index is 14.2. The average Bonchev–Trinajstić information content (AvgIpc) is 3.32. The van der Waals surface area contributed by atoms with Gasteiger partial charge in [0.05, 0.1) is 19.5 Å². The number of amides is 6. The van der Waals surface area contributed by atoms with E-state index in [1.54, 1.807) is 0 Å². The summed E-state index contributed by atoms with van der Waals surface area (Å²) < 4.78 is 0. The van der Waals surface area contributed by atoms with Crippen LogP contribution in [0.4, 0.5) is 0 Å². The first-order valence-corrected chi connectivity index (χ1v) is 24.5. The number of aromatic hydroxyl groups is 1. The van der Waals surface area contributed by atoms with Crippen LogP contribution in [0.25, 0.3) is 0 Å². The van der Waals surface area contributed by atoms with Crippen LogP contribution in [-0.2, 0) is 49.6 Å². The zero-order chi connectivity index (χ0) is 52.6. The normalized spacial score (nSPS) is 24.0. The Morgan fingerprint density at radius 1 is 0.681 bits per heavy atom. The molecule has 0 aromatic heterocycles. The Hall–Kier alpha value is -6.64. The molecule has 1 aromatic rings. The number of rotatable bonds is 20. The van der Waals surface area contributed by atoms with Crippen molar-refractivity contribution in [1.29, 1.82) is 0 Å². The number of carbonyl (C=O) groups excluding carboxylic acids is 6. The number of carboxylic acids is 3. The monoisotopic (exact) mass is 1020 g/mol. The topological polar surface area (TPSA) is 384 Å². The minimum atomic E-state index is -1.67. The summed E-state index contributed by atoms with van der Waals surface area (Å²) in [6, 6.07) is -0.891. The molecule has 14 N–H and O–H groups in total. The molecule has 2 bridgehead atoms. The predicted molar refractivity (Wildman–Crippen MR) is 260 cm³/mol. The van der Waals surface area contributed by atoms with Crippen molar-refractivity contribution in [2.45, 2.75) is 101 Å². The number of benzene rings is 1. The van der Waals surface area contributed by atoms with E-state index in [0.717, 1.165) is 26.1 Å². The lowest BCUT2D eigenvalue weighted by Gasteiger charge is -2.37. The van der Waals surface area contributed by atoms with Gasteiger partial charge in [-0.2, -0.15) is 0 Å². The van der Waals surface area contributed by atoms with Crippen LogP contribution < -0.4 is 43.4 Å². The molecule has 3 heterocycles. The van der Waals surface area contributed by atoms with E-state index in [2.05, 4.69) is 46.7 Å². The van der Waals surface area contributed by atoms with Gasteiger partial charge in [-0.05, 0) is 82.2 Å². The van der Waals surface area contributed by atoms with Crippen molar-refractivity contribution >= 4 is 59.3 Å². The van der Waals surface area contributed by atoms with Crippen LogP contribution in [0.1, 0.15) is 69.8 Å². The number of nitrogens with zero attached hydrogens (tertiary/aromatic N) is 5. The number of nitrogens with two attached hydrogens (primary N) is 2. The Kier molecular flexibility index (Phi) is 24.4. The summed E-state index contributed by atoms with van der Waals surface area (Å²) >= 11 is 0. The summed E-state index contributed by atoms with van der Waals surface area (Å²) in [5.41, 5.74) is 11.3. The van der Waals surface area contributed by atoms with Gasteiger partial charge in [-0.25, -0.2) is 0 Å². The summed E-state index contributed by atoms with van der Waals surface area (Å²) in [6.45, 7) is 6.20. The molecular formula is C46H73N13O13. The molecular weight excluding hydrogens is 943 g/mol. The smallest absolute Gasteiger partial charge is 0.320 e. The number of aliphatic imine (C=N–C) groups is 1. The third-order valence-corrected chi connectivity index (χ3v) is 12.7. The van der Waals surface area contributed by atoms with E-state index in [0.29, 0.717) is 64.2 Å². The first-order valence-electron chi connectivity index (χ1n) is 24.5. The molecule has 72 heavy (non-hydrogen) atoms. The molecule has 4 rings (SSSR count). The predicted octanol–water partition coefficient (Wildman–Crippen LogP) is -3.85. The fourth-order valence-electron chi connectivity index (χ4n) is 8.78. The second-order valence-electron chi connectivity index (χ2n) is 18.3. The summed E-state index contributed by atoms with van der Waals surface area (Å²) in [7, 11) is 0. The lowest BCUT2D eigenvalue weighted by atomic mass is 10.0. The highest BCUT2D eigenvalue weighted by Crippen LogP contribution is 2.15. The van der Waals surface area contributed by atoms with Crippen LogP contribution in [-0.4, -0.2) is 221 Å². The Morgan fingerprint density at radius 3 is 1.93 bits per heavy atom. The molecule has 7 atom stereocenters. The second-order valence-corrected chi connectivity index (χ2v) is 18.3. The highest BCUT2D eigenvalue weighted by Gasteiger charge is 2.34.